The molecule has 8 nitrogen and oxygen atoms in total. The highest BCUT2D eigenvalue weighted by molar-refractivity contribution is 5.70. The molecule has 1 N–H and O–H groups in total. The number of nitrogens with zero attached hydrogens (tertiary/aromatic N) is 7. The molecule has 0 bridgehead atoms. The molecule has 1 aliphatic heterocycles. The summed E-state index contributed by atoms with van der Waals surface area (Å²) in [4.78, 5) is 11.9. The van der Waals surface area contributed by atoms with Crippen molar-refractivity contribution in [2.75, 3.05) is 13.2 Å². The number of benzene rings is 1. The number of hydrogen-bond donors (Lipinski definition) is 1. The van der Waals surface area contributed by atoms with E-state index in [1.807, 2.05) is 50.2 Å². The lowest BCUT2D eigenvalue weighted by atomic mass is 9.89. The van der Waals surface area contributed by atoms with Crippen LogP contribution < -0.4 is 0 Å². The minimum absolute atomic E-state index is 0.275. The number of aliphatic hydroxyl groups excluding tert-OH is 1. The molecule has 3 atom stereocenters. The molecular weight excluding hydrogens is 450 g/mol. The number of rotatable bonds is 6. The number of aliphatic hydroxyl groups is 1. The average molecular weight is 484 g/mol. The van der Waals surface area contributed by atoms with Crippen molar-refractivity contribution >= 4 is 0 Å². The highest BCUT2D eigenvalue weighted by Crippen LogP contribution is 2.35. The van der Waals surface area contributed by atoms with Gasteiger partial charge in [0.1, 0.15) is 0 Å². The molecule has 186 valence electrons. The van der Waals surface area contributed by atoms with Crippen LogP contribution in [0.25, 0.3) is 33.6 Å². The maximum absolute atomic E-state index is 9.76. The lowest BCUT2D eigenvalue weighted by Crippen LogP contribution is -2.43. The third-order valence-electron chi connectivity index (χ3n) is 7.84. The topological polar surface area (TPSA) is 84.9 Å². The standard InChI is InChI=1S/C28H33N7O/c1-33-17-23(15-31-33)20-5-2-6-21(11-20)28-29-13-22(14-30-28)24-16-32-35(18-24)26-8-3-7-25(12-26)34-10-4-9-27(34)19-36/h2,5-6,11,13-18,25-27,36H,3-4,7-10,12,19H2,1H3. The molecule has 3 aromatic heterocycles. The lowest BCUT2D eigenvalue weighted by Gasteiger charge is -2.38. The van der Waals surface area contributed by atoms with E-state index in [4.69, 9.17) is 5.10 Å². The maximum atomic E-state index is 9.76. The Morgan fingerprint density at radius 3 is 2.42 bits per heavy atom. The predicted octanol–water partition coefficient (Wildman–Crippen LogP) is 4.35. The first-order chi connectivity index (χ1) is 17.7. The molecule has 8 heteroatoms. The van der Waals surface area contributed by atoms with Gasteiger partial charge in [0.2, 0.25) is 0 Å². The van der Waals surface area contributed by atoms with E-state index >= 15 is 0 Å². The van der Waals surface area contributed by atoms with Gasteiger partial charge in [0.25, 0.3) is 0 Å². The summed E-state index contributed by atoms with van der Waals surface area (Å²) in [6.07, 6.45) is 18.7. The molecule has 4 aromatic rings. The molecule has 0 radical (unpaired) electrons. The molecule has 0 spiro atoms. The van der Waals surface area contributed by atoms with Gasteiger partial charge in [-0.3, -0.25) is 14.3 Å². The van der Waals surface area contributed by atoms with Crippen molar-refractivity contribution < 1.29 is 5.11 Å². The summed E-state index contributed by atoms with van der Waals surface area (Å²) in [5, 5.41) is 18.8. The highest BCUT2D eigenvalue weighted by Gasteiger charge is 2.34. The Hall–Kier alpha value is -3.36. The van der Waals surface area contributed by atoms with Crippen molar-refractivity contribution in [1.82, 2.24) is 34.4 Å². The fourth-order valence-corrected chi connectivity index (χ4v) is 5.94. The van der Waals surface area contributed by atoms with Crippen molar-refractivity contribution in [3.8, 4) is 33.6 Å². The molecule has 1 saturated heterocycles. The van der Waals surface area contributed by atoms with Crippen LogP contribution in [-0.2, 0) is 7.05 Å². The Kier molecular flexibility index (Phi) is 6.37. The molecule has 1 saturated carbocycles. The van der Waals surface area contributed by atoms with E-state index in [1.54, 1.807) is 4.68 Å². The molecule has 6 rings (SSSR count). The fraction of sp³-hybridized carbons (Fsp3) is 0.429. The van der Waals surface area contributed by atoms with Crippen LogP contribution >= 0.6 is 0 Å². The summed E-state index contributed by atoms with van der Waals surface area (Å²) >= 11 is 0. The Labute approximate surface area is 211 Å². The smallest absolute Gasteiger partial charge is 0.159 e. The normalized spacial score (nSPS) is 22.8. The van der Waals surface area contributed by atoms with Gasteiger partial charge in [0.15, 0.2) is 5.82 Å². The van der Waals surface area contributed by atoms with Gasteiger partial charge in [-0.25, -0.2) is 9.97 Å². The van der Waals surface area contributed by atoms with E-state index in [0.717, 1.165) is 53.6 Å². The molecule has 3 unspecified atom stereocenters. The third kappa shape index (κ3) is 4.58. The molecule has 1 aromatic carbocycles. The second kappa shape index (κ2) is 9.95. The predicted molar refractivity (Wildman–Crippen MR) is 139 cm³/mol. The Bertz CT molecular complexity index is 1310. The number of aryl methyl sites for hydroxylation is 1. The molecule has 0 amide bonds. The van der Waals surface area contributed by atoms with E-state index in [9.17, 15) is 5.11 Å². The molecule has 36 heavy (non-hydrogen) atoms. The summed E-state index contributed by atoms with van der Waals surface area (Å²) in [5.74, 6) is 0.705. The molecule has 4 heterocycles. The first kappa shape index (κ1) is 23.1. The average Bonchev–Trinajstić information content (AvgIpc) is 3.70. The summed E-state index contributed by atoms with van der Waals surface area (Å²) < 4.78 is 3.94. The van der Waals surface area contributed by atoms with Gasteiger partial charge in [0.05, 0.1) is 25.0 Å². The second-order valence-electron chi connectivity index (χ2n) is 10.2. The lowest BCUT2D eigenvalue weighted by molar-refractivity contribution is 0.0828. The van der Waals surface area contributed by atoms with E-state index < -0.39 is 0 Å². The van der Waals surface area contributed by atoms with Gasteiger partial charge >= 0.3 is 0 Å². The van der Waals surface area contributed by atoms with Crippen molar-refractivity contribution in [2.24, 2.45) is 7.05 Å². The third-order valence-corrected chi connectivity index (χ3v) is 7.84. The summed E-state index contributed by atoms with van der Waals surface area (Å²) in [5.41, 5.74) is 5.17. The van der Waals surface area contributed by atoms with Gasteiger partial charge < -0.3 is 5.11 Å². The molecular formula is C28H33N7O. The van der Waals surface area contributed by atoms with Gasteiger partial charge in [-0.1, -0.05) is 18.2 Å². The van der Waals surface area contributed by atoms with Crippen LogP contribution in [0.3, 0.4) is 0 Å². The quantitative estimate of drug-likeness (QED) is 0.439. The summed E-state index contributed by atoms with van der Waals surface area (Å²) in [6, 6.07) is 9.52. The van der Waals surface area contributed by atoms with Crippen molar-refractivity contribution in [2.45, 2.75) is 56.7 Å². The van der Waals surface area contributed by atoms with Crippen LogP contribution in [-0.4, -0.2) is 64.8 Å². The van der Waals surface area contributed by atoms with E-state index in [0.29, 0.717) is 23.9 Å². The van der Waals surface area contributed by atoms with E-state index in [-0.39, 0.29) is 6.61 Å². The first-order valence-corrected chi connectivity index (χ1v) is 13.0. The van der Waals surface area contributed by atoms with Crippen LogP contribution in [0.1, 0.15) is 44.6 Å². The van der Waals surface area contributed by atoms with Gasteiger partial charge in [-0.15, -0.1) is 0 Å². The fourth-order valence-electron chi connectivity index (χ4n) is 5.94. The molecule has 2 aliphatic rings. The zero-order chi connectivity index (χ0) is 24.5. The molecule has 1 aliphatic carbocycles. The van der Waals surface area contributed by atoms with Gasteiger partial charge in [-0.2, -0.15) is 10.2 Å². The maximum Gasteiger partial charge on any atom is 0.159 e. The Balaban J connectivity index is 1.16. The van der Waals surface area contributed by atoms with Crippen molar-refractivity contribution in [3.05, 3.63) is 61.4 Å². The minimum Gasteiger partial charge on any atom is -0.395 e. The van der Waals surface area contributed by atoms with E-state index in [2.05, 4.69) is 43.0 Å². The SMILES string of the molecule is Cn1cc(-c2cccc(-c3ncc(-c4cnn(C5CCCC(N6CCCC6CO)C5)c4)cn3)c2)cn1. The second-order valence-corrected chi connectivity index (χ2v) is 10.2. The summed E-state index contributed by atoms with van der Waals surface area (Å²) in [7, 11) is 1.92. The Morgan fingerprint density at radius 2 is 1.61 bits per heavy atom. The van der Waals surface area contributed by atoms with Crippen LogP contribution in [0.2, 0.25) is 0 Å². The van der Waals surface area contributed by atoms with Crippen LogP contribution in [0, 0.1) is 0 Å². The van der Waals surface area contributed by atoms with Crippen molar-refractivity contribution in [3.63, 3.8) is 0 Å². The van der Waals surface area contributed by atoms with Gasteiger partial charge in [0, 0.05) is 66.2 Å². The zero-order valence-electron chi connectivity index (χ0n) is 20.7. The Morgan fingerprint density at radius 1 is 0.833 bits per heavy atom. The van der Waals surface area contributed by atoms with Crippen molar-refractivity contribution in [1.29, 1.82) is 0 Å². The highest BCUT2D eigenvalue weighted by atomic mass is 16.3. The zero-order valence-corrected chi connectivity index (χ0v) is 20.7. The number of likely N-dealkylation sites (tertiary alicyclic amines) is 1. The summed E-state index contributed by atoms with van der Waals surface area (Å²) in [6.45, 7) is 1.39. The van der Waals surface area contributed by atoms with E-state index in [1.165, 1.54) is 19.3 Å². The van der Waals surface area contributed by atoms with Crippen LogP contribution in [0.4, 0.5) is 0 Å². The molecule has 2 fully saturated rings. The van der Waals surface area contributed by atoms with Crippen LogP contribution in [0.5, 0.6) is 0 Å². The largest absolute Gasteiger partial charge is 0.395 e. The monoisotopic (exact) mass is 483 g/mol. The first-order valence-electron chi connectivity index (χ1n) is 13.0. The van der Waals surface area contributed by atoms with Crippen LogP contribution in [0.15, 0.2) is 61.4 Å². The number of aromatic nitrogens is 6. The number of hydrogen-bond acceptors (Lipinski definition) is 6. The van der Waals surface area contributed by atoms with Gasteiger partial charge in [-0.05, 0) is 56.7 Å². The minimum atomic E-state index is 0.275.